The van der Waals surface area contributed by atoms with Gasteiger partial charge in [0.2, 0.25) is 0 Å². The molecule has 0 bridgehead atoms. The molecule has 0 spiro atoms. The number of hydroxylamine groups is 2. The van der Waals surface area contributed by atoms with Crippen LogP contribution in [0.15, 0.2) is 28.7 Å². The fourth-order valence-electron chi connectivity index (χ4n) is 2.04. The zero-order chi connectivity index (χ0) is 17.4. The van der Waals surface area contributed by atoms with Gasteiger partial charge in [0, 0.05) is 23.7 Å². The second-order valence-corrected chi connectivity index (χ2v) is 5.82. The number of rotatable bonds is 7. The molecule has 0 unspecified atom stereocenters. The number of terminal acetylenes is 1. The molecule has 1 atom stereocenters. The Bertz CT molecular complexity index is 583. The van der Waals surface area contributed by atoms with Crippen molar-refractivity contribution in [1.29, 1.82) is 0 Å². The van der Waals surface area contributed by atoms with E-state index >= 15 is 0 Å². The van der Waals surface area contributed by atoms with Crippen molar-refractivity contribution in [2.45, 2.75) is 18.9 Å². The molecule has 2 N–H and O–H groups in total. The van der Waals surface area contributed by atoms with Crippen LogP contribution in [-0.2, 0) is 4.79 Å². The quantitative estimate of drug-likeness (QED) is 0.425. The lowest BCUT2D eigenvalue weighted by Gasteiger charge is -2.29. The van der Waals surface area contributed by atoms with Gasteiger partial charge in [0.25, 0.3) is 11.8 Å². The van der Waals surface area contributed by atoms with E-state index in [1.54, 1.807) is 24.3 Å². The first kappa shape index (κ1) is 19.2. The van der Waals surface area contributed by atoms with Crippen LogP contribution < -0.4 is 0 Å². The minimum absolute atomic E-state index is 0.120. The number of amides is 2. The predicted molar refractivity (Wildman–Crippen MR) is 88.7 cm³/mol. The van der Waals surface area contributed by atoms with E-state index in [9.17, 15) is 14.8 Å². The van der Waals surface area contributed by atoms with E-state index < -0.39 is 11.9 Å². The Balaban J connectivity index is 2.96. The van der Waals surface area contributed by atoms with E-state index in [4.69, 9.17) is 11.5 Å². The molecule has 0 fully saturated rings. The Morgan fingerprint density at radius 3 is 2.48 bits per heavy atom. The summed E-state index contributed by atoms with van der Waals surface area (Å²) in [5, 5.41) is 19.0. The van der Waals surface area contributed by atoms with Crippen LogP contribution in [-0.4, -0.2) is 58.3 Å². The normalized spacial score (nSPS) is 11.4. The van der Waals surface area contributed by atoms with Gasteiger partial charge in [0.1, 0.15) is 12.6 Å². The maximum atomic E-state index is 12.5. The van der Waals surface area contributed by atoms with Crippen LogP contribution in [0.2, 0.25) is 0 Å². The van der Waals surface area contributed by atoms with E-state index in [1.165, 1.54) is 11.9 Å². The van der Waals surface area contributed by atoms with Crippen molar-refractivity contribution in [2.24, 2.45) is 0 Å². The number of halogens is 1. The molecule has 0 saturated carbocycles. The highest BCUT2D eigenvalue weighted by atomic mass is 79.9. The molecule has 0 heterocycles. The topological polar surface area (TPSA) is 81.1 Å². The second-order valence-electron chi connectivity index (χ2n) is 4.90. The molecule has 1 rings (SSSR count). The summed E-state index contributed by atoms with van der Waals surface area (Å²) < 4.78 is 0.833. The molecule has 1 aromatic carbocycles. The molecule has 124 valence electrons. The standard InChI is InChI=1S/C16H19BrN2O4/c1-3-10-19(23)16(22)14(5-4-11-20)18(2)15(21)12-6-8-13(17)9-7-12/h1,6-9,14,20,23H,4-5,10-11H2,2H3/t14-/m0/s1. The summed E-state index contributed by atoms with van der Waals surface area (Å²) in [4.78, 5) is 26.0. The summed E-state index contributed by atoms with van der Waals surface area (Å²) in [5.74, 6) is 1.13. The number of nitrogens with zero attached hydrogens (tertiary/aromatic N) is 2. The maximum Gasteiger partial charge on any atom is 0.269 e. The fourth-order valence-corrected chi connectivity index (χ4v) is 2.31. The third-order valence-corrected chi connectivity index (χ3v) is 3.82. The minimum atomic E-state index is -0.906. The van der Waals surface area contributed by atoms with Crippen LogP contribution in [0.4, 0.5) is 0 Å². The first-order valence-corrected chi connectivity index (χ1v) is 7.79. The Labute approximate surface area is 143 Å². The van der Waals surface area contributed by atoms with Gasteiger partial charge < -0.3 is 10.0 Å². The number of carbonyl (C=O) groups is 2. The van der Waals surface area contributed by atoms with Crippen LogP contribution in [0.5, 0.6) is 0 Å². The van der Waals surface area contributed by atoms with Crippen LogP contribution in [0.3, 0.4) is 0 Å². The van der Waals surface area contributed by atoms with Crippen LogP contribution >= 0.6 is 15.9 Å². The highest BCUT2D eigenvalue weighted by Crippen LogP contribution is 2.15. The van der Waals surface area contributed by atoms with Crippen LogP contribution in [0, 0.1) is 12.3 Å². The van der Waals surface area contributed by atoms with Gasteiger partial charge in [0.15, 0.2) is 0 Å². The predicted octanol–water partition coefficient (Wildman–Crippen LogP) is 1.51. The van der Waals surface area contributed by atoms with Gasteiger partial charge >= 0.3 is 0 Å². The SMILES string of the molecule is C#CCN(O)C(=O)[C@H](CCCO)N(C)C(=O)c1ccc(Br)cc1. The second kappa shape index (κ2) is 9.30. The van der Waals surface area contributed by atoms with E-state index in [0.717, 1.165) is 4.47 Å². The Morgan fingerprint density at radius 2 is 1.96 bits per heavy atom. The minimum Gasteiger partial charge on any atom is -0.396 e. The van der Waals surface area contributed by atoms with Crippen molar-refractivity contribution in [3.05, 3.63) is 34.3 Å². The van der Waals surface area contributed by atoms with E-state index in [1.807, 2.05) is 0 Å². The molecular weight excluding hydrogens is 364 g/mol. The van der Waals surface area contributed by atoms with Gasteiger partial charge in [-0.1, -0.05) is 21.9 Å². The van der Waals surface area contributed by atoms with Crippen molar-refractivity contribution >= 4 is 27.7 Å². The Morgan fingerprint density at radius 1 is 1.35 bits per heavy atom. The molecule has 1 aromatic rings. The summed E-state index contributed by atoms with van der Waals surface area (Å²) in [5.41, 5.74) is 0.416. The monoisotopic (exact) mass is 382 g/mol. The number of hydrogen-bond acceptors (Lipinski definition) is 4. The third-order valence-electron chi connectivity index (χ3n) is 3.30. The maximum absolute atomic E-state index is 12.5. The van der Waals surface area contributed by atoms with Crippen molar-refractivity contribution in [3.63, 3.8) is 0 Å². The van der Waals surface area contributed by atoms with Gasteiger partial charge in [0.05, 0.1) is 0 Å². The molecule has 0 aliphatic carbocycles. The summed E-state index contributed by atoms with van der Waals surface area (Å²) in [6.07, 6.45) is 5.62. The molecule has 0 aromatic heterocycles. The van der Waals surface area contributed by atoms with E-state index in [-0.39, 0.29) is 25.5 Å². The number of benzene rings is 1. The number of aliphatic hydroxyl groups is 1. The number of hydrogen-bond donors (Lipinski definition) is 2. The van der Waals surface area contributed by atoms with Gasteiger partial charge in [-0.2, -0.15) is 0 Å². The van der Waals surface area contributed by atoms with Crippen LogP contribution in [0.25, 0.3) is 0 Å². The molecule has 0 radical (unpaired) electrons. The average molecular weight is 383 g/mol. The highest BCUT2D eigenvalue weighted by Gasteiger charge is 2.30. The van der Waals surface area contributed by atoms with Crippen molar-refractivity contribution < 1.29 is 19.9 Å². The summed E-state index contributed by atoms with van der Waals surface area (Å²) in [7, 11) is 1.48. The largest absolute Gasteiger partial charge is 0.396 e. The molecule has 0 aliphatic heterocycles. The molecule has 2 amide bonds. The van der Waals surface area contributed by atoms with E-state index in [0.29, 0.717) is 17.0 Å². The summed E-state index contributed by atoms with van der Waals surface area (Å²) in [6.45, 7) is -0.389. The zero-order valence-electron chi connectivity index (χ0n) is 12.8. The zero-order valence-corrected chi connectivity index (χ0v) is 14.4. The Kier molecular flexibility index (Phi) is 7.75. The highest BCUT2D eigenvalue weighted by molar-refractivity contribution is 9.10. The number of likely N-dealkylation sites (N-methyl/N-ethyl adjacent to an activating group) is 1. The molecule has 7 heteroatoms. The molecule has 6 nitrogen and oxygen atoms in total. The summed E-state index contributed by atoms with van der Waals surface area (Å²) in [6, 6.07) is 5.81. The van der Waals surface area contributed by atoms with Crippen molar-refractivity contribution in [2.75, 3.05) is 20.2 Å². The molecule has 0 aliphatic rings. The lowest BCUT2D eigenvalue weighted by Crippen LogP contribution is -2.48. The third kappa shape index (κ3) is 5.36. The van der Waals surface area contributed by atoms with Gasteiger partial charge in [-0.25, -0.2) is 5.06 Å². The van der Waals surface area contributed by atoms with Gasteiger partial charge in [-0.15, -0.1) is 6.42 Å². The number of aliphatic hydroxyl groups excluding tert-OH is 1. The first-order valence-electron chi connectivity index (χ1n) is 6.99. The lowest BCUT2D eigenvalue weighted by molar-refractivity contribution is -0.167. The molecule has 0 saturated heterocycles. The Hall–Kier alpha value is -1.88. The molecular formula is C16H19BrN2O4. The van der Waals surface area contributed by atoms with E-state index in [2.05, 4.69) is 21.9 Å². The van der Waals surface area contributed by atoms with Gasteiger partial charge in [-0.05, 0) is 37.1 Å². The van der Waals surface area contributed by atoms with Crippen molar-refractivity contribution in [1.82, 2.24) is 9.96 Å². The fraction of sp³-hybridized carbons (Fsp3) is 0.375. The first-order chi connectivity index (χ1) is 10.9. The van der Waals surface area contributed by atoms with Crippen LogP contribution in [0.1, 0.15) is 23.2 Å². The lowest BCUT2D eigenvalue weighted by atomic mass is 10.1. The number of carbonyl (C=O) groups excluding carboxylic acids is 2. The smallest absolute Gasteiger partial charge is 0.269 e. The summed E-state index contributed by atoms with van der Waals surface area (Å²) >= 11 is 3.29. The van der Waals surface area contributed by atoms with Gasteiger partial charge in [-0.3, -0.25) is 14.8 Å². The average Bonchev–Trinajstić information content (AvgIpc) is 2.55. The van der Waals surface area contributed by atoms with Crippen molar-refractivity contribution in [3.8, 4) is 12.3 Å². The molecule has 23 heavy (non-hydrogen) atoms.